The molecule has 0 aliphatic carbocycles. The molecule has 0 heterocycles. The third-order valence-electron chi connectivity index (χ3n) is 2.70. The zero-order valence-electron chi connectivity index (χ0n) is 10.6. The summed E-state index contributed by atoms with van der Waals surface area (Å²) < 4.78 is 13.1. The molecule has 0 radical (unpaired) electrons. The Labute approximate surface area is 102 Å². The lowest BCUT2D eigenvalue weighted by molar-refractivity contribution is 0.584. The van der Waals surface area contributed by atoms with Crippen molar-refractivity contribution in [3.63, 3.8) is 0 Å². The van der Waals surface area contributed by atoms with Gasteiger partial charge in [0.25, 0.3) is 0 Å². The zero-order valence-corrected chi connectivity index (χ0v) is 10.6. The first-order valence-corrected chi connectivity index (χ1v) is 5.77. The van der Waals surface area contributed by atoms with Crippen molar-refractivity contribution in [3.8, 4) is 0 Å². The highest BCUT2D eigenvalue weighted by molar-refractivity contribution is 6.00. The average Bonchev–Trinajstić information content (AvgIpc) is 2.25. The fraction of sp³-hybridized carbons (Fsp3) is 0.462. The van der Waals surface area contributed by atoms with Crippen LogP contribution in [0, 0.1) is 17.1 Å². The van der Waals surface area contributed by atoms with Crippen LogP contribution in [0.15, 0.2) is 18.2 Å². The molecule has 0 atom stereocenters. The molecule has 0 aromatic heterocycles. The molecule has 1 aromatic rings. The highest BCUT2D eigenvalue weighted by Gasteiger charge is 2.11. The maximum atomic E-state index is 13.1. The van der Waals surface area contributed by atoms with Crippen molar-refractivity contribution in [2.75, 3.05) is 18.5 Å². The first kappa shape index (κ1) is 13.5. The fourth-order valence-corrected chi connectivity index (χ4v) is 1.63. The average molecular weight is 237 g/mol. The molecule has 0 bridgehead atoms. The van der Waals surface area contributed by atoms with Gasteiger partial charge in [0.15, 0.2) is 0 Å². The summed E-state index contributed by atoms with van der Waals surface area (Å²) >= 11 is 0. The second-order valence-corrected chi connectivity index (χ2v) is 4.68. The van der Waals surface area contributed by atoms with Gasteiger partial charge in [0.1, 0.15) is 11.7 Å². The molecule has 1 aromatic carbocycles. The number of hydrogen-bond acceptors (Lipinski definition) is 2. The molecule has 0 aliphatic heterocycles. The Morgan fingerprint density at radius 3 is 2.65 bits per heavy atom. The zero-order chi connectivity index (χ0) is 13.0. The number of amidine groups is 1. The highest BCUT2D eigenvalue weighted by atomic mass is 19.1. The van der Waals surface area contributed by atoms with E-state index in [1.807, 2.05) is 11.9 Å². The van der Waals surface area contributed by atoms with Crippen LogP contribution in [-0.2, 0) is 0 Å². The van der Waals surface area contributed by atoms with Crippen LogP contribution < -0.4 is 10.6 Å². The molecule has 94 valence electrons. The number of nitrogens with two attached hydrogens (primary N) is 1. The number of benzene rings is 1. The molecule has 0 saturated carbocycles. The van der Waals surface area contributed by atoms with Crippen LogP contribution in [0.3, 0.4) is 0 Å². The number of halogens is 1. The summed E-state index contributed by atoms with van der Waals surface area (Å²) in [5.41, 5.74) is 6.73. The van der Waals surface area contributed by atoms with Crippen LogP contribution in [0.5, 0.6) is 0 Å². The summed E-state index contributed by atoms with van der Waals surface area (Å²) in [5, 5.41) is 7.47. The van der Waals surface area contributed by atoms with Crippen LogP contribution >= 0.6 is 0 Å². The first-order valence-electron chi connectivity index (χ1n) is 5.77. The van der Waals surface area contributed by atoms with E-state index in [1.165, 1.54) is 12.1 Å². The Hall–Kier alpha value is -1.58. The van der Waals surface area contributed by atoms with Gasteiger partial charge in [0.05, 0.1) is 0 Å². The molecule has 3 nitrogen and oxygen atoms in total. The number of nitrogens with one attached hydrogen (secondary N) is 1. The van der Waals surface area contributed by atoms with Crippen molar-refractivity contribution in [3.05, 3.63) is 29.6 Å². The van der Waals surface area contributed by atoms with Crippen molar-refractivity contribution in [1.82, 2.24) is 0 Å². The van der Waals surface area contributed by atoms with Gasteiger partial charge in [-0.15, -0.1) is 0 Å². The molecule has 0 aliphatic rings. The van der Waals surface area contributed by atoms with E-state index >= 15 is 0 Å². The van der Waals surface area contributed by atoms with Crippen LogP contribution in [0.25, 0.3) is 0 Å². The second kappa shape index (κ2) is 5.66. The number of hydrogen-bond donors (Lipinski definition) is 2. The molecule has 17 heavy (non-hydrogen) atoms. The summed E-state index contributed by atoms with van der Waals surface area (Å²) in [5.74, 6) is 0.144. The van der Waals surface area contributed by atoms with Crippen LogP contribution in [-0.4, -0.2) is 19.4 Å². The lowest BCUT2D eigenvalue weighted by Crippen LogP contribution is -2.24. The topological polar surface area (TPSA) is 53.1 Å². The first-order chi connectivity index (χ1) is 7.91. The van der Waals surface area contributed by atoms with E-state index in [0.29, 0.717) is 11.5 Å². The fourth-order valence-electron chi connectivity index (χ4n) is 1.63. The Bertz CT molecular complexity index is 402. The van der Waals surface area contributed by atoms with E-state index in [2.05, 4.69) is 13.8 Å². The predicted molar refractivity (Wildman–Crippen MR) is 70.1 cm³/mol. The van der Waals surface area contributed by atoms with E-state index in [9.17, 15) is 4.39 Å². The van der Waals surface area contributed by atoms with Gasteiger partial charge in [0.2, 0.25) is 0 Å². The minimum absolute atomic E-state index is 0.101. The van der Waals surface area contributed by atoms with Gasteiger partial charge >= 0.3 is 0 Å². The molecular formula is C13H20FN3. The van der Waals surface area contributed by atoms with E-state index in [-0.39, 0.29) is 11.7 Å². The van der Waals surface area contributed by atoms with Crippen molar-refractivity contribution in [1.29, 1.82) is 5.41 Å². The van der Waals surface area contributed by atoms with Gasteiger partial charge in [-0.3, -0.25) is 5.41 Å². The summed E-state index contributed by atoms with van der Waals surface area (Å²) in [6.45, 7) is 5.18. The quantitative estimate of drug-likeness (QED) is 0.611. The van der Waals surface area contributed by atoms with E-state index in [0.717, 1.165) is 18.7 Å². The Morgan fingerprint density at radius 1 is 1.47 bits per heavy atom. The smallest absolute Gasteiger partial charge is 0.125 e. The largest absolute Gasteiger partial charge is 0.384 e. The second-order valence-electron chi connectivity index (χ2n) is 4.68. The summed E-state index contributed by atoms with van der Waals surface area (Å²) in [6, 6.07) is 4.38. The van der Waals surface area contributed by atoms with Crippen LogP contribution in [0.4, 0.5) is 10.1 Å². The highest BCUT2D eigenvalue weighted by Crippen LogP contribution is 2.21. The molecule has 4 heteroatoms. The third-order valence-corrected chi connectivity index (χ3v) is 2.70. The molecule has 3 N–H and O–H groups in total. The molecular weight excluding hydrogens is 217 g/mol. The van der Waals surface area contributed by atoms with Gasteiger partial charge in [-0.2, -0.15) is 0 Å². The Kier molecular flexibility index (Phi) is 4.49. The van der Waals surface area contributed by atoms with Gasteiger partial charge in [0, 0.05) is 24.8 Å². The third kappa shape index (κ3) is 3.73. The van der Waals surface area contributed by atoms with E-state index in [1.54, 1.807) is 6.07 Å². The van der Waals surface area contributed by atoms with Gasteiger partial charge in [-0.05, 0) is 30.5 Å². The normalized spacial score (nSPS) is 10.6. The van der Waals surface area contributed by atoms with Crippen molar-refractivity contribution >= 4 is 11.5 Å². The van der Waals surface area contributed by atoms with Crippen LogP contribution in [0.1, 0.15) is 25.8 Å². The molecule has 0 unspecified atom stereocenters. The van der Waals surface area contributed by atoms with Crippen molar-refractivity contribution < 1.29 is 4.39 Å². The number of anilines is 1. The molecule has 0 spiro atoms. The van der Waals surface area contributed by atoms with E-state index in [4.69, 9.17) is 11.1 Å². The Balaban J connectivity index is 2.92. The lowest BCUT2D eigenvalue weighted by atomic mass is 10.1. The molecule has 1 rings (SSSR count). The number of nitrogen functional groups attached to an aromatic ring is 1. The molecule has 0 fully saturated rings. The molecule has 0 saturated heterocycles. The van der Waals surface area contributed by atoms with Gasteiger partial charge in [-0.25, -0.2) is 4.39 Å². The lowest BCUT2D eigenvalue weighted by Gasteiger charge is -2.23. The predicted octanol–water partition coefficient (Wildman–Crippen LogP) is 2.59. The van der Waals surface area contributed by atoms with Gasteiger partial charge in [-0.1, -0.05) is 13.8 Å². The molecule has 0 amide bonds. The minimum Gasteiger partial charge on any atom is -0.384 e. The summed E-state index contributed by atoms with van der Waals surface area (Å²) in [6.07, 6.45) is 1.05. The summed E-state index contributed by atoms with van der Waals surface area (Å²) in [4.78, 5) is 2.01. The SMILES string of the molecule is CC(C)CCN(C)c1ccc(F)cc1C(=N)N. The standard InChI is InChI=1S/C13H20FN3/c1-9(2)6-7-17(3)12-5-4-10(14)8-11(12)13(15)16/h4-5,8-9H,6-7H2,1-3H3,(H3,15,16). The van der Waals surface area contributed by atoms with E-state index < -0.39 is 0 Å². The Morgan fingerprint density at radius 2 is 2.12 bits per heavy atom. The number of nitrogens with zero attached hydrogens (tertiary/aromatic N) is 1. The number of rotatable bonds is 5. The van der Waals surface area contributed by atoms with Crippen molar-refractivity contribution in [2.24, 2.45) is 11.7 Å². The van der Waals surface area contributed by atoms with Crippen LogP contribution in [0.2, 0.25) is 0 Å². The van der Waals surface area contributed by atoms with Crippen molar-refractivity contribution in [2.45, 2.75) is 20.3 Å². The maximum absolute atomic E-state index is 13.1. The maximum Gasteiger partial charge on any atom is 0.125 e. The summed E-state index contributed by atoms with van der Waals surface area (Å²) in [7, 11) is 1.93. The van der Waals surface area contributed by atoms with Gasteiger partial charge < -0.3 is 10.6 Å². The minimum atomic E-state index is -0.365. The monoisotopic (exact) mass is 237 g/mol.